The zero-order chi connectivity index (χ0) is 50.9. The molecule has 0 saturated carbocycles. The Balaban J connectivity index is 0.00000361. The molecule has 7 aromatic carbocycles. The first-order valence-corrected chi connectivity index (χ1v) is 25.8. The van der Waals surface area contributed by atoms with Crippen LogP contribution >= 0.6 is 0 Å². The third-order valence-electron chi connectivity index (χ3n) is 13.7. The number of nitrogens with zero attached hydrogens (tertiary/aromatic N) is 8. The van der Waals surface area contributed by atoms with Crippen LogP contribution in [0.3, 0.4) is 0 Å². The van der Waals surface area contributed by atoms with Gasteiger partial charge in [-0.05, 0) is 103 Å². The van der Waals surface area contributed by atoms with Crippen LogP contribution in [0.25, 0.3) is 43.1 Å². The normalized spacial score (nSPS) is 11.1. The van der Waals surface area contributed by atoms with E-state index in [0.717, 1.165) is 30.7 Å². The van der Waals surface area contributed by atoms with E-state index in [1.165, 1.54) is 73.5 Å². The molecule has 4 heterocycles. The minimum absolute atomic E-state index is 0. The van der Waals surface area contributed by atoms with Crippen molar-refractivity contribution in [3.8, 4) is 5.75 Å². The van der Waals surface area contributed by atoms with Crippen LogP contribution in [-0.4, -0.2) is 48.4 Å². The molecule has 0 bridgehead atoms. The van der Waals surface area contributed by atoms with Gasteiger partial charge in [0, 0.05) is 23.3 Å². The summed E-state index contributed by atoms with van der Waals surface area (Å²) in [4.78, 5) is 28.2. The van der Waals surface area contributed by atoms with Crippen LogP contribution in [0.2, 0.25) is 0 Å². The summed E-state index contributed by atoms with van der Waals surface area (Å²) in [5.74, 6) is -0.301. The van der Waals surface area contributed by atoms with Gasteiger partial charge in [0.05, 0.1) is 32.1 Å². The number of carbonyl (C=O) groups is 2. The zero-order valence-corrected chi connectivity index (χ0v) is 44.2. The van der Waals surface area contributed by atoms with Crippen molar-refractivity contribution in [1.29, 1.82) is 0 Å². The first-order chi connectivity index (χ1) is 36.9. The highest BCUT2D eigenvalue weighted by atomic mass is 35.5. The van der Waals surface area contributed by atoms with E-state index >= 15 is 0 Å². The number of hydrogen-bond donors (Lipinski definition) is 2. The number of unbranched alkanes of at least 4 members (excludes halogenated alkanes) is 5. The Labute approximate surface area is 459 Å². The summed E-state index contributed by atoms with van der Waals surface area (Å²) in [5, 5.41) is 33.7. The molecule has 2 N–H and O–H groups in total. The lowest BCUT2D eigenvalue weighted by Gasteiger charge is -2.12. The number of halogens is 2. The number of ether oxygens (including phenoxy) is 1. The molecule has 0 saturated heterocycles. The van der Waals surface area contributed by atoms with Gasteiger partial charge in [0.1, 0.15) is 28.5 Å². The fraction of sp³-hybridized carbons (Fsp3) is 0.194. The number of carbonyl (C=O) groups excluding carboxylic acids is 2. The van der Waals surface area contributed by atoms with Crippen LogP contribution in [0.5, 0.6) is 5.75 Å². The molecule has 388 valence electrons. The molecule has 0 aliphatic heterocycles. The molecular formula is C62H58Cl2N10O3. The van der Waals surface area contributed by atoms with E-state index in [2.05, 4.69) is 147 Å². The fourth-order valence-electron chi connectivity index (χ4n) is 10.0. The fourth-order valence-corrected chi connectivity index (χ4v) is 10.0. The Morgan fingerprint density at radius 1 is 0.506 bits per heavy atom. The minimum atomic E-state index is -0.376. The molecule has 0 atom stereocenters. The number of anilines is 2. The van der Waals surface area contributed by atoms with Gasteiger partial charge in [0.2, 0.25) is 0 Å². The molecular weight excluding hydrogens is 1000 g/mol. The van der Waals surface area contributed by atoms with Crippen molar-refractivity contribution in [2.24, 2.45) is 0 Å². The number of rotatable bonds is 20. The van der Waals surface area contributed by atoms with Gasteiger partial charge >= 0.3 is 0 Å². The molecule has 0 radical (unpaired) electrons. The second kappa shape index (κ2) is 24.9. The maximum atomic E-state index is 14.1. The van der Waals surface area contributed by atoms with Crippen molar-refractivity contribution < 1.29 is 48.3 Å². The van der Waals surface area contributed by atoms with E-state index < -0.39 is 0 Å². The number of benzene rings is 7. The molecule has 0 fully saturated rings. The van der Waals surface area contributed by atoms with Gasteiger partial charge in [-0.1, -0.05) is 147 Å². The van der Waals surface area contributed by atoms with Gasteiger partial charge in [-0.2, -0.15) is 9.13 Å². The first-order valence-electron chi connectivity index (χ1n) is 25.8. The van der Waals surface area contributed by atoms with Crippen LogP contribution in [0.1, 0.15) is 88.7 Å². The summed E-state index contributed by atoms with van der Waals surface area (Å²) in [6, 6.07) is 50.6. The summed E-state index contributed by atoms with van der Waals surface area (Å²) >= 11 is 0. The van der Waals surface area contributed by atoms with Gasteiger partial charge in [-0.3, -0.25) is 9.59 Å². The lowest BCUT2D eigenvalue weighted by atomic mass is 9.97. The number of nitrogens with one attached hydrogen (secondary N) is 2. The number of pyridine rings is 2. The predicted octanol–water partition coefficient (Wildman–Crippen LogP) is 5.50. The van der Waals surface area contributed by atoms with Crippen molar-refractivity contribution in [2.45, 2.75) is 71.6 Å². The molecule has 0 aliphatic carbocycles. The second-order valence-corrected chi connectivity index (χ2v) is 19.2. The zero-order valence-electron chi connectivity index (χ0n) is 42.7. The molecule has 15 heteroatoms. The van der Waals surface area contributed by atoms with Gasteiger partial charge < -0.3 is 40.2 Å². The van der Waals surface area contributed by atoms with E-state index in [1.807, 2.05) is 79.9 Å². The molecule has 13 nitrogen and oxygen atoms in total. The Morgan fingerprint density at radius 2 is 0.922 bits per heavy atom. The Bertz CT molecular complexity index is 3510. The lowest BCUT2D eigenvalue weighted by molar-refractivity contribution is -0.688. The third kappa shape index (κ3) is 12.8. The molecule has 2 amide bonds. The van der Waals surface area contributed by atoms with Crippen molar-refractivity contribution >= 4 is 66.3 Å². The van der Waals surface area contributed by atoms with Crippen LogP contribution in [0.4, 0.5) is 11.4 Å². The van der Waals surface area contributed by atoms with Crippen LogP contribution in [0, 0.1) is 0 Å². The second-order valence-electron chi connectivity index (χ2n) is 19.2. The van der Waals surface area contributed by atoms with Crippen molar-refractivity contribution in [2.75, 3.05) is 17.2 Å². The SMILES string of the molecule is CCCCCCCCOc1cc(C(=O)Nc2ccc[n+](Cc3cn(Cc4c5ccccc5cc5ccccc45)nn3)c2)cc(C(=O)Nc2ccc[n+](Cc3cn(Cc4c5ccccc5cc5ccccc45)nn3)c2)c1.[Cl-].[Cl-]. The van der Waals surface area contributed by atoms with E-state index in [-0.39, 0.29) is 36.6 Å². The van der Waals surface area contributed by atoms with Crippen molar-refractivity contribution in [1.82, 2.24) is 30.0 Å². The summed E-state index contributed by atoms with van der Waals surface area (Å²) in [5.41, 5.74) is 5.69. The third-order valence-corrected chi connectivity index (χ3v) is 13.7. The Morgan fingerprint density at radius 3 is 1.36 bits per heavy atom. The van der Waals surface area contributed by atoms with Crippen LogP contribution in [0.15, 0.2) is 189 Å². The molecule has 0 aliphatic rings. The highest BCUT2D eigenvalue weighted by Gasteiger charge is 2.19. The van der Waals surface area contributed by atoms with E-state index in [1.54, 1.807) is 18.2 Å². The highest BCUT2D eigenvalue weighted by Crippen LogP contribution is 2.31. The van der Waals surface area contributed by atoms with Crippen molar-refractivity contribution in [3.05, 3.63) is 222 Å². The largest absolute Gasteiger partial charge is 1.00 e. The average Bonchev–Trinajstić information content (AvgIpc) is 4.09. The van der Waals surface area contributed by atoms with Crippen LogP contribution < -0.4 is 49.3 Å². The lowest BCUT2D eigenvalue weighted by Crippen LogP contribution is -3.00. The Hall–Kier alpha value is -8.52. The predicted molar refractivity (Wildman–Crippen MR) is 294 cm³/mol. The molecule has 77 heavy (non-hydrogen) atoms. The molecule has 0 unspecified atom stereocenters. The van der Waals surface area contributed by atoms with Crippen molar-refractivity contribution in [3.63, 3.8) is 0 Å². The van der Waals surface area contributed by atoms with Gasteiger partial charge in [0.25, 0.3) is 11.8 Å². The summed E-state index contributed by atoms with van der Waals surface area (Å²) in [7, 11) is 0. The first kappa shape index (κ1) is 53.3. The molecule has 4 aromatic heterocycles. The maximum absolute atomic E-state index is 14.1. The minimum Gasteiger partial charge on any atom is -1.00 e. The van der Waals surface area contributed by atoms with Crippen LogP contribution in [-0.2, 0) is 26.2 Å². The number of fused-ring (bicyclic) bond motifs is 4. The van der Waals surface area contributed by atoms with Gasteiger partial charge in [-0.25, -0.2) is 9.36 Å². The summed E-state index contributed by atoms with van der Waals surface area (Å²) in [6.07, 6.45) is 18.2. The smallest absolute Gasteiger partial charge is 0.255 e. The number of amides is 2. The maximum Gasteiger partial charge on any atom is 0.255 e. The molecule has 0 spiro atoms. The number of aromatic nitrogens is 8. The quantitative estimate of drug-likeness (QED) is 0.0585. The van der Waals surface area contributed by atoms with E-state index in [0.29, 0.717) is 61.0 Å². The molecule has 11 rings (SSSR count). The van der Waals surface area contributed by atoms with Gasteiger partial charge in [-0.15, -0.1) is 10.2 Å². The topological polar surface area (TPSA) is 137 Å². The standard InChI is InChI=1S/C62H56N10O3.2ClH/c1-2-3-4-5-6-15-30-75-54-34-48(61(73)63-50-22-16-28-69(36-50)38-52-40-71(67-65-52)42-59-55-24-11-7-18-44(55)31-45-19-8-12-25-56(45)59)33-49(35-54)62(74)64-51-23-17-29-70(37-51)39-53-41-72(68-66-53)43-60-57-26-13-9-20-46(57)32-47-21-10-14-27-58(47)60;;/h7-14,16-29,31-37,40-41H,2-6,15,30,38-39,42-43H2,1H3;2*1H. The van der Waals surface area contributed by atoms with E-state index in [4.69, 9.17) is 4.74 Å². The monoisotopic (exact) mass is 1060 g/mol. The van der Waals surface area contributed by atoms with Gasteiger partial charge in [0.15, 0.2) is 37.9 Å². The molecule has 11 aromatic rings. The number of hydrogen-bond acceptors (Lipinski definition) is 7. The Kier molecular flexibility index (Phi) is 17.2. The van der Waals surface area contributed by atoms with E-state index in [9.17, 15) is 9.59 Å². The summed E-state index contributed by atoms with van der Waals surface area (Å²) in [6.45, 7) is 4.70. The summed E-state index contributed by atoms with van der Waals surface area (Å²) < 4.78 is 13.9. The average molecular weight is 1060 g/mol. The highest BCUT2D eigenvalue weighted by molar-refractivity contribution is 6.09.